The molecule has 2 fully saturated rings. The Kier molecular flexibility index (Phi) is 12.4. The summed E-state index contributed by atoms with van der Waals surface area (Å²) in [4.78, 5) is 27.4. The second-order valence-corrected chi connectivity index (χ2v) is 16.0. The zero-order valence-corrected chi connectivity index (χ0v) is 29.8. The molecule has 2 N–H and O–H groups in total. The van der Waals surface area contributed by atoms with E-state index in [0.717, 1.165) is 0 Å². The molecule has 2 aliphatic rings. The van der Waals surface area contributed by atoms with E-state index >= 15 is 0 Å². The molecule has 2 aromatic heterocycles. The van der Waals surface area contributed by atoms with E-state index < -0.39 is 42.9 Å². The summed E-state index contributed by atoms with van der Waals surface area (Å²) in [5.41, 5.74) is 3.72. The fourth-order valence-corrected chi connectivity index (χ4v) is 8.31. The number of sulfone groups is 1. The van der Waals surface area contributed by atoms with Gasteiger partial charge in [-0.15, -0.1) is 6.58 Å². The summed E-state index contributed by atoms with van der Waals surface area (Å²) in [5.74, 6) is -0.225. The minimum absolute atomic E-state index is 0.0166. The van der Waals surface area contributed by atoms with Crippen molar-refractivity contribution in [3.63, 3.8) is 0 Å². The van der Waals surface area contributed by atoms with E-state index in [1.807, 2.05) is 6.92 Å². The van der Waals surface area contributed by atoms with E-state index in [4.69, 9.17) is 30.8 Å². The van der Waals surface area contributed by atoms with Crippen molar-refractivity contribution in [3.8, 4) is 0 Å². The average molecular weight is 701 g/mol. The van der Waals surface area contributed by atoms with Gasteiger partial charge in [0.15, 0.2) is 39.2 Å². The first kappa shape index (κ1) is 36.5. The molecule has 256 valence electrons. The van der Waals surface area contributed by atoms with Gasteiger partial charge in [-0.2, -0.15) is 5.48 Å². The number of carbonyl (C=O) groups excluding carboxylic acids is 1. The Morgan fingerprint density at radius 2 is 1.85 bits per heavy atom. The molecule has 18 heteroatoms. The molecule has 4 heterocycles. The van der Waals surface area contributed by atoms with Crippen molar-refractivity contribution in [2.24, 2.45) is 5.92 Å². The number of rotatable bonds is 13. The summed E-state index contributed by atoms with van der Waals surface area (Å²) in [6, 6.07) is 0.157. The number of thiocarbonyl (C=S) groups is 1. The first-order valence-electron chi connectivity index (χ1n) is 15.3. The van der Waals surface area contributed by atoms with E-state index in [9.17, 15) is 13.2 Å². The van der Waals surface area contributed by atoms with Gasteiger partial charge in [0.05, 0.1) is 23.9 Å². The number of hydroxylamine groups is 1. The van der Waals surface area contributed by atoms with Gasteiger partial charge < -0.3 is 24.2 Å². The number of aromatic nitrogens is 4. The van der Waals surface area contributed by atoms with Crippen LogP contribution in [0.25, 0.3) is 11.2 Å². The third kappa shape index (κ3) is 8.55. The quantitative estimate of drug-likeness (QED) is 0.103. The van der Waals surface area contributed by atoms with Gasteiger partial charge in [0.2, 0.25) is 5.91 Å². The van der Waals surface area contributed by atoms with Crippen molar-refractivity contribution < 1.29 is 31.8 Å². The maximum atomic E-state index is 12.5. The maximum Gasteiger partial charge on any atom is 0.277 e. The van der Waals surface area contributed by atoms with Crippen molar-refractivity contribution in [3.05, 3.63) is 25.3 Å². The predicted octanol–water partition coefficient (Wildman–Crippen LogP) is 3.18. The topological polar surface area (TPSA) is 162 Å². The fraction of sp³-hybridized carbons (Fsp3) is 0.679. The molecule has 2 aromatic rings. The van der Waals surface area contributed by atoms with Gasteiger partial charge in [-0.05, 0) is 46.8 Å². The Balaban J connectivity index is 1.71. The molecule has 1 amide bonds. The fourth-order valence-electron chi connectivity index (χ4n) is 5.13. The second kappa shape index (κ2) is 15.7. The number of hydrogen-bond donors (Lipinski definition) is 2. The number of hydrogen-bond acceptors (Lipinski definition) is 13. The van der Waals surface area contributed by atoms with Crippen molar-refractivity contribution in [2.75, 3.05) is 36.5 Å². The van der Waals surface area contributed by atoms with Crippen molar-refractivity contribution in [2.45, 2.75) is 85.1 Å². The average Bonchev–Trinajstić information content (AvgIpc) is 3.54. The van der Waals surface area contributed by atoms with Crippen LogP contribution < -0.4 is 10.8 Å². The Labute approximate surface area is 277 Å². The molecule has 0 aromatic carbocycles. The normalized spacial score (nSPS) is 23.8. The highest BCUT2D eigenvalue weighted by Gasteiger charge is 2.50. The lowest BCUT2D eigenvalue weighted by Crippen LogP contribution is -2.47. The molecular formula is C28H45N8O7PS2. The molecule has 0 spiro atoms. The summed E-state index contributed by atoms with van der Waals surface area (Å²) < 4.78 is 53.9. The highest BCUT2D eigenvalue weighted by atomic mass is 32.2. The first-order chi connectivity index (χ1) is 21.7. The number of nitrogens with zero attached hydrogens (tertiary/aromatic N) is 6. The number of ether oxygens (including phenoxy) is 2. The summed E-state index contributed by atoms with van der Waals surface area (Å²) >= 11 is 5.72. The largest absolute Gasteiger partial charge is 0.460 e. The van der Waals surface area contributed by atoms with Crippen molar-refractivity contribution >= 4 is 58.6 Å². The number of carbonyl (C=O) groups is 1. The van der Waals surface area contributed by atoms with E-state index in [1.165, 1.54) is 6.33 Å². The lowest BCUT2D eigenvalue weighted by atomic mass is 10.1. The number of imidazole rings is 1. The molecule has 0 saturated carbocycles. The zero-order valence-electron chi connectivity index (χ0n) is 27.3. The van der Waals surface area contributed by atoms with Crippen LogP contribution in [0.1, 0.15) is 54.7 Å². The minimum Gasteiger partial charge on any atom is -0.460 e. The van der Waals surface area contributed by atoms with Crippen LogP contribution in [0.15, 0.2) is 25.3 Å². The Morgan fingerprint density at radius 3 is 2.46 bits per heavy atom. The lowest BCUT2D eigenvalue weighted by molar-refractivity contribution is -0.118. The third-order valence-electron chi connectivity index (χ3n) is 7.49. The maximum absolute atomic E-state index is 12.5. The van der Waals surface area contributed by atoms with Crippen LogP contribution in [0.4, 0.5) is 5.82 Å². The zero-order chi connectivity index (χ0) is 33.8. The van der Waals surface area contributed by atoms with Gasteiger partial charge in [0, 0.05) is 37.6 Å². The number of nitrogens with one attached hydrogen (secondary N) is 2. The van der Waals surface area contributed by atoms with Crippen molar-refractivity contribution in [1.82, 2.24) is 34.6 Å². The summed E-state index contributed by atoms with van der Waals surface area (Å²) in [6.07, 6.45) is 1.75. The molecule has 2 aliphatic heterocycles. The van der Waals surface area contributed by atoms with Gasteiger partial charge in [-0.25, -0.2) is 32.7 Å². The van der Waals surface area contributed by atoms with Crippen LogP contribution in [0.3, 0.4) is 0 Å². The Morgan fingerprint density at radius 1 is 1.17 bits per heavy atom. The van der Waals surface area contributed by atoms with Crippen LogP contribution in [-0.2, 0) is 33.3 Å². The molecule has 5 atom stereocenters. The molecule has 0 bridgehead atoms. The van der Waals surface area contributed by atoms with Gasteiger partial charge in [-0.1, -0.05) is 19.9 Å². The highest BCUT2D eigenvalue weighted by molar-refractivity contribution is 7.91. The van der Waals surface area contributed by atoms with Gasteiger partial charge >= 0.3 is 0 Å². The predicted molar refractivity (Wildman–Crippen MR) is 179 cm³/mol. The molecule has 2 saturated heterocycles. The summed E-state index contributed by atoms with van der Waals surface area (Å²) in [6.45, 7) is 18.3. The molecule has 2 unspecified atom stereocenters. The van der Waals surface area contributed by atoms with Crippen LogP contribution in [0.2, 0.25) is 0 Å². The number of fused-ring (bicyclic) bond motifs is 1. The van der Waals surface area contributed by atoms with E-state index in [1.54, 1.807) is 35.7 Å². The van der Waals surface area contributed by atoms with Gasteiger partial charge in [0.1, 0.15) is 12.4 Å². The Bertz CT molecular complexity index is 1470. The summed E-state index contributed by atoms with van der Waals surface area (Å²) in [5, 5.41) is 2.95. The monoisotopic (exact) mass is 700 g/mol. The molecular weight excluding hydrogens is 655 g/mol. The molecule has 0 aliphatic carbocycles. The third-order valence-corrected chi connectivity index (χ3v) is 11.5. The van der Waals surface area contributed by atoms with Gasteiger partial charge in [0.25, 0.3) is 13.7 Å². The van der Waals surface area contributed by atoms with Crippen LogP contribution in [0.5, 0.6) is 0 Å². The van der Waals surface area contributed by atoms with Crippen LogP contribution in [0, 0.1) is 5.92 Å². The number of anilines is 1. The highest BCUT2D eigenvalue weighted by Crippen LogP contribution is 2.50. The van der Waals surface area contributed by atoms with E-state index in [0.29, 0.717) is 17.7 Å². The summed E-state index contributed by atoms with van der Waals surface area (Å²) in [7, 11) is -4.82. The lowest BCUT2D eigenvalue weighted by Gasteiger charge is -2.38. The SMILES string of the molecule is C=CCNOP(O[C@@H]1C(OC(=S)N2CCS(=O)(=O)CC2)[C@H](n2cnc3c(NC(=O)C(C)C)ncnc32)O[C@@H]1C)N(C(C)C)C(C)C. The minimum atomic E-state index is -3.13. The molecule has 46 heavy (non-hydrogen) atoms. The standard InChI is InChI=1S/C28H45N8O7PS2/c1-9-10-32-43-44(36(18(4)5)19(6)7)42-22-20(8)40-27(23(22)41-28(45)34-11-13-46(38,39)14-12-34)35-16-31-21-24(29-15-30-25(21)35)33-26(37)17(2)3/h9,15-20,22-23,27,32H,1,10-14H2,2-8H3,(H,29,30,33,37)/t20-,22+,23?,27-,44?/m1/s1. The van der Waals surface area contributed by atoms with Gasteiger partial charge in [-0.3, -0.25) is 9.36 Å². The van der Waals surface area contributed by atoms with E-state index in [2.05, 4.69) is 64.7 Å². The number of amides is 1. The first-order valence-corrected chi connectivity index (χ1v) is 18.7. The second-order valence-electron chi connectivity index (χ2n) is 12.0. The van der Waals surface area contributed by atoms with Crippen LogP contribution in [-0.4, -0.2) is 110 Å². The molecule has 0 radical (unpaired) electrons. The smallest absolute Gasteiger partial charge is 0.277 e. The van der Waals surface area contributed by atoms with Crippen LogP contribution >= 0.6 is 20.7 Å². The Hall–Kier alpha value is -2.37. The van der Waals surface area contributed by atoms with E-state index in [-0.39, 0.29) is 59.5 Å². The molecule has 4 rings (SSSR count). The van der Waals surface area contributed by atoms with Crippen molar-refractivity contribution in [1.29, 1.82) is 0 Å². The molecule has 15 nitrogen and oxygen atoms in total.